The molecule has 23 heavy (non-hydrogen) atoms. The fraction of sp³-hybridized carbons (Fsp3) is 0.500. The van der Waals surface area contributed by atoms with Crippen molar-refractivity contribution in [2.75, 3.05) is 19.6 Å². The third-order valence-electron chi connectivity index (χ3n) is 4.73. The van der Waals surface area contributed by atoms with Gasteiger partial charge in [0.2, 0.25) is 0 Å². The van der Waals surface area contributed by atoms with Crippen LogP contribution in [-0.2, 0) is 0 Å². The molecule has 0 amide bonds. The Hall–Kier alpha value is -1.03. The van der Waals surface area contributed by atoms with Gasteiger partial charge in [-0.15, -0.1) is 12.4 Å². The van der Waals surface area contributed by atoms with Crippen molar-refractivity contribution in [2.24, 2.45) is 5.92 Å². The second-order valence-electron chi connectivity index (χ2n) is 6.56. The molecule has 1 aromatic carbocycles. The standard InChI is InChI=1S/C18H21ClN2O.ClH/c19-18-10-16(9-14-3-6-20-11-17(14)18)22-15-4-7-21(8-5-15)12-13-1-2-13;/h3,6,9-11,13,15H,1-2,4-5,7-8,12H2;1H. The van der Waals surface area contributed by atoms with E-state index < -0.39 is 0 Å². The van der Waals surface area contributed by atoms with E-state index in [9.17, 15) is 0 Å². The zero-order valence-corrected chi connectivity index (χ0v) is 14.7. The molecule has 0 atom stereocenters. The molecule has 2 aliphatic rings. The molecule has 1 aliphatic carbocycles. The predicted octanol–water partition coefficient (Wildman–Crippen LogP) is 4.56. The number of fused-ring (bicyclic) bond motifs is 1. The second kappa shape index (κ2) is 7.25. The van der Waals surface area contributed by atoms with Gasteiger partial charge in [-0.05, 0) is 55.2 Å². The lowest BCUT2D eigenvalue weighted by molar-refractivity contribution is 0.0981. The zero-order valence-electron chi connectivity index (χ0n) is 13.1. The summed E-state index contributed by atoms with van der Waals surface area (Å²) in [7, 11) is 0. The number of aromatic nitrogens is 1. The minimum absolute atomic E-state index is 0. The Bertz CT molecular complexity index is 667. The molecule has 2 fully saturated rings. The normalized spacial score (nSPS) is 19.5. The molecule has 1 saturated carbocycles. The molecule has 1 aromatic heterocycles. The topological polar surface area (TPSA) is 25.4 Å². The number of rotatable bonds is 4. The number of nitrogens with zero attached hydrogens (tertiary/aromatic N) is 2. The lowest BCUT2D eigenvalue weighted by Gasteiger charge is -2.32. The first-order chi connectivity index (χ1) is 10.8. The molecule has 1 aliphatic heterocycles. The maximum Gasteiger partial charge on any atom is 0.121 e. The monoisotopic (exact) mass is 352 g/mol. The van der Waals surface area contributed by atoms with E-state index in [0.29, 0.717) is 11.1 Å². The highest BCUT2D eigenvalue weighted by molar-refractivity contribution is 6.35. The van der Waals surface area contributed by atoms with Gasteiger partial charge in [-0.2, -0.15) is 0 Å². The van der Waals surface area contributed by atoms with Gasteiger partial charge in [-0.3, -0.25) is 4.98 Å². The van der Waals surface area contributed by atoms with Crippen molar-refractivity contribution in [3.63, 3.8) is 0 Å². The van der Waals surface area contributed by atoms with Crippen molar-refractivity contribution in [1.29, 1.82) is 0 Å². The molecule has 3 nitrogen and oxygen atoms in total. The van der Waals surface area contributed by atoms with Crippen molar-refractivity contribution in [2.45, 2.75) is 31.8 Å². The van der Waals surface area contributed by atoms with Crippen molar-refractivity contribution < 1.29 is 4.74 Å². The Morgan fingerprint density at radius 1 is 1.17 bits per heavy atom. The van der Waals surface area contributed by atoms with Crippen molar-refractivity contribution in [3.8, 4) is 5.75 Å². The largest absolute Gasteiger partial charge is 0.490 e. The number of piperidine rings is 1. The van der Waals surface area contributed by atoms with Gasteiger partial charge in [-0.25, -0.2) is 0 Å². The highest BCUT2D eigenvalue weighted by Crippen LogP contribution is 2.32. The summed E-state index contributed by atoms with van der Waals surface area (Å²) < 4.78 is 6.18. The molecule has 4 rings (SSSR count). The van der Waals surface area contributed by atoms with E-state index in [1.807, 2.05) is 12.1 Å². The van der Waals surface area contributed by atoms with Gasteiger partial charge in [0.05, 0.1) is 5.02 Å². The van der Waals surface area contributed by atoms with E-state index in [2.05, 4.69) is 16.0 Å². The van der Waals surface area contributed by atoms with Gasteiger partial charge in [0.1, 0.15) is 11.9 Å². The highest BCUT2D eigenvalue weighted by atomic mass is 35.5. The van der Waals surface area contributed by atoms with E-state index in [-0.39, 0.29) is 12.4 Å². The summed E-state index contributed by atoms with van der Waals surface area (Å²) in [6.45, 7) is 3.61. The number of hydrogen-bond donors (Lipinski definition) is 0. The van der Waals surface area contributed by atoms with E-state index in [1.54, 1.807) is 12.4 Å². The third kappa shape index (κ3) is 4.09. The van der Waals surface area contributed by atoms with Crippen molar-refractivity contribution >= 4 is 34.8 Å². The number of halogens is 2. The van der Waals surface area contributed by atoms with Crippen LogP contribution >= 0.6 is 24.0 Å². The number of ether oxygens (including phenoxy) is 1. The molecule has 5 heteroatoms. The molecule has 0 radical (unpaired) electrons. The molecular weight excluding hydrogens is 331 g/mol. The quantitative estimate of drug-likeness (QED) is 0.806. The molecule has 0 N–H and O–H groups in total. The first-order valence-corrected chi connectivity index (χ1v) is 8.58. The van der Waals surface area contributed by atoms with E-state index in [1.165, 1.54) is 19.4 Å². The Balaban J connectivity index is 0.00000156. The molecule has 2 aromatic rings. The Kier molecular flexibility index (Phi) is 5.30. The molecule has 1 saturated heterocycles. The van der Waals surface area contributed by atoms with Crippen LogP contribution in [0.3, 0.4) is 0 Å². The molecule has 2 heterocycles. The zero-order chi connectivity index (χ0) is 14.9. The lowest BCUT2D eigenvalue weighted by atomic mass is 10.1. The van der Waals surface area contributed by atoms with Crippen molar-refractivity contribution in [3.05, 3.63) is 35.6 Å². The van der Waals surface area contributed by atoms with Gasteiger partial charge >= 0.3 is 0 Å². The average molecular weight is 353 g/mol. The molecule has 0 spiro atoms. The van der Waals surface area contributed by atoms with Crippen LogP contribution in [0, 0.1) is 5.92 Å². The molecular formula is C18H22Cl2N2O. The fourth-order valence-corrected chi connectivity index (χ4v) is 3.53. The number of pyridine rings is 1. The first kappa shape index (κ1) is 16.8. The van der Waals surface area contributed by atoms with Crippen LogP contribution in [0.5, 0.6) is 5.75 Å². The average Bonchev–Trinajstić information content (AvgIpc) is 3.33. The number of benzene rings is 1. The van der Waals surface area contributed by atoms with E-state index >= 15 is 0 Å². The lowest BCUT2D eigenvalue weighted by Crippen LogP contribution is -2.39. The minimum Gasteiger partial charge on any atom is -0.490 e. The van der Waals surface area contributed by atoms with Crippen LogP contribution in [0.2, 0.25) is 5.02 Å². The third-order valence-corrected chi connectivity index (χ3v) is 5.04. The van der Waals surface area contributed by atoms with Gasteiger partial charge in [0.25, 0.3) is 0 Å². The van der Waals surface area contributed by atoms with E-state index in [0.717, 1.165) is 48.4 Å². The summed E-state index contributed by atoms with van der Waals surface area (Å²) in [6, 6.07) is 5.97. The fourth-order valence-electron chi connectivity index (χ4n) is 3.26. The van der Waals surface area contributed by atoms with Crippen LogP contribution in [0.25, 0.3) is 10.8 Å². The smallest absolute Gasteiger partial charge is 0.121 e. The van der Waals surface area contributed by atoms with Crippen LogP contribution in [-0.4, -0.2) is 35.6 Å². The van der Waals surface area contributed by atoms with Crippen LogP contribution in [0.15, 0.2) is 30.6 Å². The SMILES string of the molecule is Cl.Clc1cc(OC2CCN(CC3CC3)CC2)cc2ccncc12. The maximum absolute atomic E-state index is 6.34. The van der Waals surface area contributed by atoms with Gasteiger partial charge < -0.3 is 9.64 Å². The van der Waals surface area contributed by atoms with Gasteiger partial charge in [0, 0.05) is 37.4 Å². The predicted molar refractivity (Wildman–Crippen MR) is 96.8 cm³/mol. The Morgan fingerprint density at radius 2 is 1.96 bits per heavy atom. The summed E-state index contributed by atoms with van der Waals surface area (Å²) in [5.74, 6) is 1.86. The molecule has 0 bridgehead atoms. The van der Waals surface area contributed by atoms with Crippen LogP contribution in [0.1, 0.15) is 25.7 Å². The number of likely N-dealkylation sites (tertiary alicyclic amines) is 1. The Morgan fingerprint density at radius 3 is 2.70 bits per heavy atom. The summed E-state index contributed by atoms with van der Waals surface area (Å²) in [4.78, 5) is 6.72. The summed E-state index contributed by atoms with van der Waals surface area (Å²) in [6.07, 6.45) is 8.99. The Labute approximate surface area is 148 Å². The summed E-state index contributed by atoms with van der Waals surface area (Å²) in [5.41, 5.74) is 0. The van der Waals surface area contributed by atoms with Crippen molar-refractivity contribution in [1.82, 2.24) is 9.88 Å². The summed E-state index contributed by atoms with van der Waals surface area (Å²) >= 11 is 6.34. The summed E-state index contributed by atoms with van der Waals surface area (Å²) in [5, 5.41) is 2.78. The van der Waals surface area contributed by atoms with Crippen LogP contribution in [0.4, 0.5) is 0 Å². The molecule has 124 valence electrons. The minimum atomic E-state index is 0. The highest BCUT2D eigenvalue weighted by Gasteiger charge is 2.27. The van der Waals surface area contributed by atoms with Crippen LogP contribution < -0.4 is 4.74 Å². The van der Waals surface area contributed by atoms with Gasteiger partial charge in [0.15, 0.2) is 0 Å². The molecule has 0 unspecified atom stereocenters. The first-order valence-electron chi connectivity index (χ1n) is 8.20. The van der Waals surface area contributed by atoms with Gasteiger partial charge in [-0.1, -0.05) is 11.6 Å². The van der Waals surface area contributed by atoms with E-state index in [4.69, 9.17) is 16.3 Å². The number of hydrogen-bond acceptors (Lipinski definition) is 3. The second-order valence-corrected chi connectivity index (χ2v) is 6.97. The maximum atomic E-state index is 6.34.